The summed E-state index contributed by atoms with van der Waals surface area (Å²) >= 11 is 0.900. The molecule has 0 aromatic rings. The number of carbonyl (C=O) groups is 2. The van der Waals surface area contributed by atoms with Gasteiger partial charge in [0.15, 0.2) is 0 Å². The summed E-state index contributed by atoms with van der Waals surface area (Å²) < 4.78 is 10.2. The van der Waals surface area contributed by atoms with Gasteiger partial charge >= 0.3 is 119 Å². The molecular formula is C12H22NO4Zn. The minimum absolute atomic E-state index is 0.281. The molecule has 0 saturated carbocycles. The van der Waals surface area contributed by atoms with Crippen LogP contribution in [0.4, 0.5) is 4.79 Å². The van der Waals surface area contributed by atoms with Crippen molar-refractivity contribution in [3.8, 4) is 0 Å². The maximum atomic E-state index is 11.7. The summed E-state index contributed by atoms with van der Waals surface area (Å²) in [6, 6.07) is -0.599. The summed E-state index contributed by atoms with van der Waals surface area (Å²) in [5.74, 6) is -0.107. The predicted molar refractivity (Wildman–Crippen MR) is 63.8 cm³/mol. The van der Waals surface area contributed by atoms with Gasteiger partial charge in [0, 0.05) is 0 Å². The van der Waals surface area contributed by atoms with E-state index in [0.717, 1.165) is 18.3 Å². The van der Waals surface area contributed by atoms with Crippen LogP contribution in [0.5, 0.6) is 0 Å². The van der Waals surface area contributed by atoms with Crippen LogP contribution in [0.1, 0.15) is 34.6 Å². The molecule has 0 aromatic carbocycles. The molecule has 6 heteroatoms. The van der Waals surface area contributed by atoms with Crippen LogP contribution in [0.25, 0.3) is 0 Å². The number of amides is 1. The van der Waals surface area contributed by atoms with Crippen molar-refractivity contribution in [1.82, 2.24) is 5.32 Å². The van der Waals surface area contributed by atoms with Crippen LogP contribution in [0.3, 0.4) is 0 Å². The summed E-state index contributed by atoms with van der Waals surface area (Å²) in [5, 5.41) is 3.14. The first kappa shape index (κ1) is 17.4. The van der Waals surface area contributed by atoms with E-state index in [2.05, 4.69) is 5.32 Å². The topological polar surface area (TPSA) is 64.6 Å². The van der Waals surface area contributed by atoms with Crippen molar-refractivity contribution >= 4 is 12.1 Å². The molecule has 0 aliphatic heterocycles. The molecule has 0 aliphatic rings. The number of nitrogens with one attached hydrogen (secondary N) is 1. The van der Waals surface area contributed by atoms with E-state index < -0.39 is 17.7 Å². The Balaban J connectivity index is 4.25. The Morgan fingerprint density at radius 1 is 1.28 bits per heavy atom. The molecule has 0 heterocycles. The predicted octanol–water partition coefficient (Wildman–Crippen LogP) is 2.04. The summed E-state index contributed by atoms with van der Waals surface area (Å²) in [4.78, 5) is 23.3. The van der Waals surface area contributed by atoms with Gasteiger partial charge in [-0.1, -0.05) is 0 Å². The molecule has 1 unspecified atom stereocenters. The van der Waals surface area contributed by atoms with Crippen LogP contribution in [-0.4, -0.2) is 30.3 Å². The van der Waals surface area contributed by atoms with Crippen molar-refractivity contribution in [2.24, 2.45) is 5.92 Å². The zero-order valence-electron chi connectivity index (χ0n) is 11.9. The monoisotopic (exact) mass is 308 g/mol. The first-order valence-corrected chi connectivity index (χ1v) is 8.21. The second kappa shape index (κ2) is 7.72. The van der Waals surface area contributed by atoms with Crippen LogP contribution in [0.2, 0.25) is 5.02 Å². The van der Waals surface area contributed by atoms with Gasteiger partial charge < -0.3 is 0 Å². The van der Waals surface area contributed by atoms with Crippen LogP contribution < -0.4 is 5.32 Å². The number of ether oxygens (including phenoxy) is 2. The van der Waals surface area contributed by atoms with Crippen LogP contribution >= 0.6 is 0 Å². The van der Waals surface area contributed by atoms with Gasteiger partial charge in [-0.05, 0) is 0 Å². The van der Waals surface area contributed by atoms with Gasteiger partial charge in [0.05, 0.1) is 0 Å². The van der Waals surface area contributed by atoms with E-state index in [9.17, 15) is 9.59 Å². The van der Waals surface area contributed by atoms with Gasteiger partial charge in [0.2, 0.25) is 0 Å². The molecule has 1 N–H and O–H groups in total. The third kappa shape index (κ3) is 8.45. The zero-order valence-corrected chi connectivity index (χ0v) is 14.9. The Morgan fingerprint density at radius 2 is 1.83 bits per heavy atom. The fourth-order valence-corrected chi connectivity index (χ4v) is 1.85. The number of esters is 1. The quantitative estimate of drug-likeness (QED) is 0.623. The zero-order chi connectivity index (χ0) is 14.3. The summed E-state index contributed by atoms with van der Waals surface area (Å²) in [6.07, 6.45) is -0.581. The summed E-state index contributed by atoms with van der Waals surface area (Å²) in [7, 11) is 0. The number of rotatable bonds is 5. The van der Waals surface area contributed by atoms with Crippen molar-refractivity contribution in [2.75, 3.05) is 6.61 Å². The normalized spacial score (nSPS) is 13.1. The molecule has 0 aliphatic carbocycles. The Labute approximate surface area is 119 Å². The van der Waals surface area contributed by atoms with Crippen LogP contribution in [0, 0.1) is 5.92 Å². The number of carbonyl (C=O) groups excluding carboxylic acids is 2. The van der Waals surface area contributed by atoms with E-state index in [1.165, 1.54) is 0 Å². The van der Waals surface area contributed by atoms with E-state index in [1.807, 2.05) is 13.8 Å². The summed E-state index contributed by atoms with van der Waals surface area (Å²) in [6.45, 7) is 9.62. The van der Waals surface area contributed by atoms with E-state index in [4.69, 9.17) is 9.47 Å². The van der Waals surface area contributed by atoms with Crippen molar-refractivity contribution in [3.63, 3.8) is 0 Å². The second-order valence-electron chi connectivity index (χ2n) is 5.51. The molecule has 0 aromatic heterocycles. The van der Waals surface area contributed by atoms with E-state index in [0.29, 0.717) is 11.6 Å². The fraction of sp³-hybridized carbons (Fsp3) is 0.833. The minimum atomic E-state index is -0.599. The van der Waals surface area contributed by atoms with E-state index in [1.54, 1.807) is 20.8 Å². The standard InChI is InChI=1S/C12H22NO4.Zn/c1-8(2)7-16-10(14)9(3)13-11(15)17-12(4,5)6;/h8-9H,3,7H2,1-2,4-6H3,(H,13,15);. The molecule has 0 bridgehead atoms. The van der Waals surface area contributed by atoms with Gasteiger partial charge in [0.25, 0.3) is 0 Å². The average Bonchev–Trinajstić information content (AvgIpc) is 2.19. The first-order chi connectivity index (χ1) is 8.15. The second-order valence-corrected chi connectivity index (χ2v) is 6.72. The first-order valence-electron chi connectivity index (χ1n) is 6.11. The SMILES string of the molecule is CC(C)COC(=O)C([CH2][Zn])NC(=O)OC(C)(C)C. The van der Waals surface area contributed by atoms with Gasteiger partial charge in [-0.15, -0.1) is 0 Å². The third-order valence-corrected chi connectivity index (χ3v) is 3.03. The molecule has 5 nitrogen and oxygen atoms in total. The fourth-order valence-electron chi connectivity index (χ4n) is 1.05. The Hall–Kier alpha value is -0.637. The molecule has 101 valence electrons. The molecule has 0 spiro atoms. The van der Waals surface area contributed by atoms with Crippen molar-refractivity contribution in [2.45, 2.75) is 51.3 Å². The van der Waals surface area contributed by atoms with Crippen molar-refractivity contribution < 1.29 is 37.4 Å². The maximum absolute atomic E-state index is 11.7. The molecule has 1 atom stereocenters. The Bertz CT molecular complexity index is 286. The number of alkyl carbamates (subject to hydrolysis) is 1. The molecule has 18 heavy (non-hydrogen) atoms. The van der Waals surface area contributed by atoms with Crippen LogP contribution in [-0.2, 0) is 32.6 Å². The van der Waals surface area contributed by atoms with Gasteiger partial charge in [0.1, 0.15) is 0 Å². The van der Waals surface area contributed by atoms with Gasteiger partial charge in [-0.2, -0.15) is 0 Å². The molecule has 0 fully saturated rings. The molecular weight excluding hydrogens is 288 g/mol. The van der Waals surface area contributed by atoms with Crippen LogP contribution in [0.15, 0.2) is 0 Å². The van der Waals surface area contributed by atoms with Gasteiger partial charge in [-0.3, -0.25) is 0 Å². The van der Waals surface area contributed by atoms with Crippen molar-refractivity contribution in [1.29, 1.82) is 0 Å². The number of hydrogen-bond acceptors (Lipinski definition) is 4. The van der Waals surface area contributed by atoms with E-state index in [-0.39, 0.29) is 11.9 Å². The average molecular weight is 310 g/mol. The van der Waals surface area contributed by atoms with E-state index >= 15 is 0 Å². The molecule has 1 amide bonds. The molecule has 0 rings (SSSR count). The molecule has 0 radical (unpaired) electrons. The Morgan fingerprint density at radius 3 is 2.22 bits per heavy atom. The molecule has 0 saturated heterocycles. The third-order valence-electron chi connectivity index (χ3n) is 1.82. The summed E-state index contributed by atoms with van der Waals surface area (Å²) in [5.41, 5.74) is -0.569. The number of hydrogen-bond donors (Lipinski definition) is 1. The van der Waals surface area contributed by atoms with Gasteiger partial charge in [-0.25, -0.2) is 0 Å². The van der Waals surface area contributed by atoms with Crippen molar-refractivity contribution in [3.05, 3.63) is 0 Å². The Kier molecular flexibility index (Phi) is 7.45.